The third kappa shape index (κ3) is 6.24. The smallest absolute Gasteiger partial charge is 0.417 e. The number of amides is 3. The van der Waals surface area contributed by atoms with Gasteiger partial charge >= 0.3 is 12.2 Å². The molecule has 2 saturated heterocycles. The summed E-state index contributed by atoms with van der Waals surface area (Å²) in [5, 5.41) is 5.68. The van der Waals surface area contributed by atoms with Crippen LogP contribution in [-0.4, -0.2) is 66.1 Å². The fourth-order valence-electron chi connectivity index (χ4n) is 4.61. The number of hydrogen-bond donors (Lipinski definition) is 2. The van der Waals surface area contributed by atoms with Crippen LogP contribution in [0.15, 0.2) is 47.0 Å². The second kappa shape index (κ2) is 11.6. The van der Waals surface area contributed by atoms with E-state index in [1.165, 1.54) is 6.20 Å². The topological polar surface area (TPSA) is 107 Å². The van der Waals surface area contributed by atoms with Crippen LogP contribution >= 0.6 is 11.6 Å². The van der Waals surface area contributed by atoms with Gasteiger partial charge in [0.25, 0.3) is 11.9 Å². The fourth-order valence-corrected chi connectivity index (χ4v) is 4.79. The molecular weight excluding hydrogens is 551 g/mol. The normalized spacial score (nSPS) is 16.1. The summed E-state index contributed by atoms with van der Waals surface area (Å²) in [6.45, 7) is 2.96. The van der Waals surface area contributed by atoms with Gasteiger partial charge in [-0.2, -0.15) is 18.2 Å². The van der Waals surface area contributed by atoms with E-state index in [9.17, 15) is 22.8 Å². The van der Waals surface area contributed by atoms with Crippen molar-refractivity contribution in [1.82, 2.24) is 14.9 Å². The average Bonchev–Trinajstić information content (AvgIpc) is 3.42. The highest BCUT2D eigenvalue weighted by Gasteiger charge is 2.42. The van der Waals surface area contributed by atoms with Gasteiger partial charge in [-0.05, 0) is 43.5 Å². The number of oxazole rings is 1. The van der Waals surface area contributed by atoms with Crippen LogP contribution in [0.4, 0.5) is 41.2 Å². The van der Waals surface area contributed by atoms with Crippen LogP contribution in [0.2, 0.25) is 5.02 Å². The number of halogens is 4. The number of nitrogens with zero attached hydrogens (tertiary/aromatic N) is 5. The van der Waals surface area contributed by atoms with E-state index >= 15 is 0 Å². The van der Waals surface area contributed by atoms with Crippen LogP contribution in [0.1, 0.15) is 35.5 Å². The number of alkyl halides is 3. The first kappa shape index (κ1) is 27.6. The van der Waals surface area contributed by atoms with Gasteiger partial charge in [-0.25, -0.2) is 9.78 Å². The van der Waals surface area contributed by atoms with E-state index in [4.69, 9.17) is 16.0 Å². The molecule has 5 rings (SSSR count). The molecule has 2 aromatic heterocycles. The molecule has 2 aliphatic heterocycles. The first-order valence-corrected chi connectivity index (χ1v) is 13.2. The first-order valence-electron chi connectivity index (χ1n) is 12.8. The number of benzene rings is 1. The molecule has 0 radical (unpaired) electrons. The molecule has 0 spiro atoms. The predicted molar refractivity (Wildman–Crippen MR) is 144 cm³/mol. The van der Waals surface area contributed by atoms with E-state index in [-0.39, 0.29) is 17.7 Å². The molecule has 0 unspecified atom stereocenters. The van der Waals surface area contributed by atoms with Gasteiger partial charge in [-0.3, -0.25) is 4.79 Å². The quantitative estimate of drug-likeness (QED) is 0.422. The number of carbonyl (C=O) groups excluding carboxylic acids is 2. The zero-order chi connectivity index (χ0) is 28.3. The summed E-state index contributed by atoms with van der Waals surface area (Å²) >= 11 is 6.11. The Labute approximate surface area is 233 Å². The first-order chi connectivity index (χ1) is 19.2. The number of carbonyl (C=O) groups is 2. The van der Waals surface area contributed by atoms with Gasteiger partial charge in [0.2, 0.25) is 5.76 Å². The molecule has 4 heterocycles. The third-order valence-corrected chi connectivity index (χ3v) is 7.06. The van der Waals surface area contributed by atoms with Gasteiger partial charge in [0.15, 0.2) is 5.69 Å². The van der Waals surface area contributed by atoms with Crippen LogP contribution < -0.4 is 20.4 Å². The minimum absolute atomic E-state index is 0.203. The Hall–Kier alpha value is -4.00. The van der Waals surface area contributed by atoms with Crippen LogP contribution in [-0.2, 0) is 6.18 Å². The molecule has 10 nitrogen and oxygen atoms in total. The Bertz CT molecular complexity index is 1350. The maximum atomic E-state index is 13.6. The van der Waals surface area contributed by atoms with Crippen LogP contribution in [0, 0.1) is 0 Å². The molecule has 212 valence electrons. The Morgan fingerprint density at radius 1 is 0.900 bits per heavy atom. The Morgan fingerprint density at radius 2 is 1.62 bits per heavy atom. The Kier molecular flexibility index (Phi) is 8.01. The molecule has 0 saturated carbocycles. The molecule has 3 amide bonds. The maximum absolute atomic E-state index is 13.6. The van der Waals surface area contributed by atoms with Crippen molar-refractivity contribution in [3.8, 4) is 0 Å². The largest absolute Gasteiger partial charge is 0.437 e. The van der Waals surface area contributed by atoms with Crippen molar-refractivity contribution >= 4 is 46.7 Å². The summed E-state index contributed by atoms with van der Waals surface area (Å²) in [6.07, 6.45) is -0.881. The summed E-state index contributed by atoms with van der Waals surface area (Å²) in [7, 11) is 0. The highest BCUT2D eigenvalue weighted by Crippen LogP contribution is 2.35. The second-order valence-electron chi connectivity index (χ2n) is 9.46. The summed E-state index contributed by atoms with van der Waals surface area (Å²) in [6, 6.07) is 9.72. The second-order valence-corrected chi connectivity index (χ2v) is 9.87. The lowest BCUT2D eigenvalue weighted by Gasteiger charge is -2.35. The zero-order valence-electron chi connectivity index (χ0n) is 21.4. The van der Waals surface area contributed by atoms with Gasteiger partial charge in [0.1, 0.15) is 5.82 Å². The number of nitrogens with one attached hydrogen (secondary N) is 2. The summed E-state index contributed by atoms with van der Waals surface area (Å²) < 4.78 is 46.2. The number of piperazine rings is 1. The molecule has 0 bridgehead atoms. The summed E-state index contributed by atoms with van der Waals surface area (Å²) in [4.78, 5) is 38.6. The van der Waals surface area contributed by atoms with E-state index in [1.807, 2.05) is 4.90 Å². The van der Waals surface area contributed by atoms with Crippen molar-refractivity contribution in [2.45, 2.75) is 25.4 Å². The van der Waals surface area contributed by atoms with E-state index < -0.39 is 23.5 Å². The average molecular weight is 578 g/mol. The van der Waals surface area contributed by atoms with Crippen molar-refractivity contribution < 1.29 is 27.2 Å². The lowest BCUT2D eigenvalue weighted by atomic mass is 10.1. The molecule has 2 aliphatic rings. The van der Waals surface area contributed by atoms with Crippen molar-refractivity contribution in [2.75, 3.05) is 59.7 Å². The van der Waals surface area contributed by atoms with E-state index in [2.05, 4.69) is 20.6 Å². The number of hydrogen-bond acceptors (Lipinski definition) is 7. The molecular formula is C26H27ClF3N7O3. The van der Waals surface area contributed by atoms with E-state index in [1.54, 1.807) is 46.2 Å². The highest BCUT2D eigenvalue weighted by atomic mass is 35.5. The van der Waals surface area contributed by atoms with Crippen molar-refractivity contribution in [1.29, 1.82) is 0 Å². The Balaban J connectivity index is 1.19. The predicted octanol–water partition coefficient (Wildman–Crippen LogP) is 5.34. The number of pyridine rings is 1. The maximum Gasteiger partial charge on any atom is 0.437 e. The molecule has 1 aromatic carbocycles. The minimum Gasteiger partial charge on any atom is -0.417 e. The zero-order valence-corrected chi connectivity index (χ0v) is 22.1. The van der Waals surface area contributed by atoms with E-state index in [0.717, 1.165) is 19.3 Å². The number of rotatable bonds is 5. The van der Waals surface area contributed by atoms with Gasteiger partial charge in [-0.15, -0.1) is 0 Å². The van der Waals surface area contributed by atoms with Gasteiger partial charge in [-0.1, -0.05) is 23.7 Å². The highest BCUT2D eigenvalue weighted by molar-refractivity contribution is 6.33. The standard InChI is InChI=1S/C26H27ClF3N7O3/c27-18-6-2-3-7-19(18)33-24(39)36-14-12-35(13-15-36)20-9-8-17(16-31-20)32-23(38)21-22(26(28,29)30)34-25(40-21)37-10-4-1-5-11-37/h2-3,6-9,16H,1,4-5,10-15H2,(H,32,38)(H,33,39). The molecule has 0 aliphatic carbocycles. The van der Waals surface area contributed by atoms with Crippen LogP contribution in [0.25, 0.3) is 0 Å². The van der Waals surface area contributed by atoms with Crippen LogP contribution in [0.3, 0.4) is 0 Å². The van der Waals surface area contributed by atoms with E-state index in [0.29, 0.717) is 55.8 Å². The van der Waals surface area contributed by atoms with Crippen molar-refractivity contribution in [3.05, 3.63) is 59.1 Å². The van der Waals surface area contributed by atoms with Gasteiger partial charge < -0.3 is 29.8 Å². The van der Waals surface area contributed by atoms with Crippen molar-refractivity contribution in [2.24, 2.45) is 0 Å². The number of anilines is 4. The molecule has 3 aromatic rings. The molecule has 2 fully saturated rings. The number of aromatic nitrogens is 2. The van der Waals surface area contributed by atoms with Gasteiger partial charge in [0, 0.05) is 39.3 Å². The molecule has 14 heteroatoms. The number of piperidine rings is 1. The SMILES string of the molecule is O=C(Nc1ccc(N2CCN(C(=O)Nc3ccccc3Cl)CC2)nc1)c1oc(N2CCCCC2)nc1C(F)(F)F. The molecule has 0 atom stereocenters. The monoisotopic (exact) mass is 577 g/mol. The van der Waals surface area contributed by atoms with Gasteiger partial charge in [0.05, 0.1) is 22.6 Å². The fraction of sp³-hybridized carbons (Fsp3) is 0.385. The lowest BCUT2D eigenvalue weighted by Crippen LogP contribution is -2.50. The molecule has 40 heavy (non-hydrogen) atoms. The molecule has 2 N–H and O–H groups in total. The lowest BCUT2D eigenvalue weighted by molar-refractivity contribution is -0.141. The summed E-state index contributed by atoms with van der Waals surface area (Å²) in [5.74, 6) is -1.34. The van der Waals surface area contributed by atoms with Crippen molar-refractivity contribution in [3.63, 3.8) is 0 Å². The third-order valence-electron chi connectivity index (χ3n) is 6.73. The minimum atomic E-state index is -4.85. The van der Waals surface area contributed by atoms with Crippen LogP contribution in [0.5, 0.6) is 0 Å². The number of urea groups is 1. The number of para-hydroxylation sites is 1. The Morgan fingerprint density at radius 3 is 2.27 bits per heavy atom. The summed E-state index contributed by atoms with van der Waals surface area (Å²) in [5.41, 5.74) is -0.617.